The standard InChI is InChI=1S/C53H32N4S/c1-3-15-33(16-4-1)37-23-13-24-40-42(29-30-46(49(37)40)57-45-27-11-9-21-38(45)44-31-35-19-7-8-20-36(35)32-47(44)57)52-54-51(34-17-5-2-6-18-34)55-53(56-52)43-26-14-25-41-39-22-10-12-28-48(39)58-50(41)43/h1-32H. The van der Waals surface area contributed by atoms with Gasteiger partial charge >= 0.3 is 0 Å². The number of nitrogens with zero attached hydrogens (tertiary/aromatic N) is 4. The van der Waals surface area contributed by atoms with Crippen molar-refractivity contribution in [3.05, 3.63) is 194 Å². The van der Waals surface area contributed by atoms with Crippen LogP contribution in [0.3, 0.4) is 0 Å². The highest BCUT2D eigenvalue weighted by Gasteiger charge is 2.22. The van der Waals surface area contributed by atoms with Crippen molar-refractivity contribution in [1.29, 1.82) is 0 Å². The van der Waals surface area contributed by atoms with Gasteiger partial charge < -0.3 is 4.57 Å². The number of hydrogen-bond acceptors (Lipinski definition) is 4. The van der Waals surface area contributed by atoms with Gasteiger partial charge in [0.1, 0.15) is 0 Å². The summed E-state index contributed by atoms with van der Waals surface area (Å²) in [6, 6.07) is 69.2. The summed E-state index contributed by atoms with van der Waals surface area (Å²) in [5.74, 6) is 1.94. The lowest BCUT2D eigenvalue weighted by molar-refractivity contribution is 1.08. The van der Waals surface area contributed by atoms with E-state index in [-0.39, 0.29) is 0 Å². The van der Waals surface area contributed by atoms with Crippen LogP contribution in [0, 0.1) is 0 Å². The van der Waals surface area contributed by atoms with E-state index in [1.807, 2.05) is 18.2 Å². The Bertz CT molecular complexity index is 3570. The first-order valence-electron chi connectivity index (χ1n) is 19.5. The first-order chi connectivity index (χ1) is 28.8. The maximum atomic E-state index is 5.38. The molecule has 0 fully saturated rings. The molecule has 0 saturated carbocycles. The van der Waals surface area contributed by atoms with Crippen LogP contribution in [0.25, 0.3) is 115 Å². The fraction of sp³-hybridized carbons (Fsp3) is 0. The zero-order valence-corrected chi connectivity index (χ0v) is 32.0. The third kappa shape index (κ3) is 5.11. The van der Waals surface area contributed by atoms with Crippen molar-refractivity contribution in [3.63, 3.8) is 0 Å². The SMILES string of the molecule is c1ccc(-c2nc(-c3ccc(-n4c5ccccc5c5cc6ccccc6cc54)c4c(-c5ccccc5)cccc34)nc(-c3cccc4c3sc3ccccc34)n2)cc1. The lowest BCUT2D eigenvalue weighted by atomic mass is 9.93. The van der Waals surface area contributed by atoms with Crippen LogP contribution in [0.15, 0.2) is 194 Å². The number of para-hydroxylation sites is 1. The molecular formula is C53H32N4S. The second-order valence-electron chi connectivity index (χ2n) is 14.7. The molecule has 0 atom stereocenters. The summed E-state index contributed by atoms with van der Waals surface area (Å²) in [5.41, 5.74) is 8.63. The van der Waals surface area contributed by atoms with E-state index in [0.29, 0.717) is 17.5 Å². The maximum Gasteiger partial charge on any atom is 0.165 e. The van der Waals surface area contributed by atoms with Crippen LogP contribution in [-0.4, -0.2) is 19.5 Å². The Kier molecular flexibility index (Phi) is 7.37. The van der Waals surface area contributed by atoms with Crippen molar-refractivity contribution >= 4 is 74.9 Å². The highest BCUT2D eigenvalue weighted by atomic mass is 32.1. The van der Waals surface area contributed by atoms with E-state index >= 15 is 0 Å². The molecule has 12 aromatic rings. The van der Waals surface area contributed by atoms with Crippen LogP contribution >= 0.6 is 11.3 Å². The van der Waals surface area contributed by atoms with Crippen molar-refractivity contribution in [2.24, 2.45) is 0 Å². The summed E-state index contributed by atoms with van der Waals surface area (Å²) in [4.78, 5) is 15.8. The number of rotatable bonds is 5. The zero-order chi connectivity index (χ0) is 38.2. The van der Waals surface area contributed by atoms with Crippen LogP contribution in [0.1, 0.15) is 0 Å². The van der Waals surface area contributed by atoms with Gasteiger partial charge in [0.2, 0.25) is 0 Å². The summed E-state index contributed by atoms with van der Waals surface area (Å²) in [7, 11) is 0. The summed E-state index contributed by atoms with van der Waals surface area (Å²) in [6.07, 6.45) is 0. The summed E-state index contributed by atoms with van der Waals surface area (Å²) < 4.78 is 4.87. The summed E-state index contributed by atoms with van der Waals surface area (Å²) >= 11 is 1.79. The van der Waals surface area contributed by atoms with Gasteiger partial charge in [0.25, 0.3) is 0 Å². The van der Waals surface area contributed by atoms with Gasteiger partial charge in [-0.05, 0) is 69.8 Å². The van der Waals surface area contributed by atoms with Crippen LogP contribution in [-0.2, 0) is 0 Å². The first kappa shape index (κ1) is 32.7. The molecule has 0 aliphatic rings. The fourth-order valence-electron chi connectivity index (χ4n) is 8.80. The molecule has 0 spiro atoms. The third-order valence-electron chi connectivity index (χ3n) is 11.4. The van der Waals surface area contributed by atoms with E-state index in [1.54, 1.807) is 11.3 Å². The Morgan fingerprint density at radius 2 is 0.966 bits per heavy atom. The number of aromatic nitrogens is 4. The Morgan fingerprint density at radius 1 is 0.362 bits per heavy atom. The van der Waals surface area contributed by atoms with Gasteiger partial charge in [-0.1, -0.05) is 152 Å². The van der Waals surface area contributed by atoms with Gasteiger partial charge in [0.05, 0.1) is 16.7 Å². The minimum absolute atomic E-state index is 0.636. The van der Waals surface area contributed by atoms with Crippen LogP contribution < -0.4 is 0 Å². The molecule has 0 radical (unpaired) electrons. The average molecular weight is 757 g/mol. The minimum Gasteiger partial charge on any atom is -0.309 e. The monoisotopic (exact) mass is 756 g/mol. The van der Waals surface area contributed by atoms with E-state index in [4.69, 9.17) is 15.0 Å². The summed E-state index contributed by atoms with van der Waals surface area (Å²) in [6.45, 7) is 0. The molecule has 3 heterocycles. The molecule has 0 aliphatic carbocycles. The molecule has 0 bridgehead atoms. The van der Waals surface area contributed by atoms with E-state index < -0.39 is 0 Å². The quantitative estimate of drug-likeness (QED) is 0.176. The predicted octanol–water partition coefficient (Wildman–Crippen LogP) is 14.3. The average Bonchev–Trinajstić information content (AvgIpc) is 3.83. The number of fused-ring (bicyclic) bond motifs is 8. The summed E-state index contributed by atoms with van der Waals surface area (Å²) in [5, 5.41) is 9.56. The number of thiophene rings is 1. The van der Waals surface area contributed by atoms with E-state index in [2.05, 4.69) is 180 Å². The second-order valence-corrected chi connectivity index (χ2v) is 15.8. The normalized spacial score (nSPS) is 11.8. The molecule has 0 amide bonds. The van der Waals surface area contributed by atoms with E-state index in [0.717, 1.165) is 49.8 Å². The Labute approximate surface area is 338 Å². The molecular weight excluding hydrogens is 725 g/mol. The van der Waals surface area contributed by atoms with Crippen LogP contribution in [0.5, 0.6) is 0 Å². The number of benzene rings is 9. The lowest BCUT2D eigenvalue weighted by Crippen LogP contribution is -2.02. The van der Waals surface area contributed by atoms with Crippen LogP contribution in [0.2, 0.25) is 0 Å². The largest absolute Gasteiger partial charge is 0.309 e. The van der Waals surface area contributed by atoms with Crippen molar-refractivity contribution < 1.29 is 0 Å². The van der Waals surface area contributed by atoms with Gasteiger partial charge in [0.15, 0.2) is 17.5 Å². The predicted molar refractivity (Wildman–Crippen MR) is 244 cm³/mol. The van der Waals surface area contributed by atoms with E-state index in [1.165, 1.54) is 47.2 Å². The molecule has 9 aromatic carbocycles. The molecule has 4 nitrogen and oxygen atoms in total. The topological polar surface area (TPSA) is 43.6 Å². The third-order valence-corrected chi connectivity index (χ3v) is 12.7. The lowest BCUT2D eigenvalue weighted by Gasteiger charge is -2.18. The van der Waals surface area contributed by atoms with Gasteiger partial charge in [-0.2, -0.15) is 0 Å². The van der Waals surface area contributed by atoms with E-state index in [9.17, 15) is 0 Å². The molecule has 58 heavy (non-hydrogen) atoms. The van der Waals surface area contributed by atoms with Gasteiger partial charge in [-0.3, -0.25) is 0 Å². The minimum atomic E-state index is 0.636. The molecule has 5 heteroatoms. The van der Waals surface area contributed by atoms with Gasteiger partial charge in [-0.25, -0.2) is 15.0 Å². The molecule has 0 aliphatic heterocycles. The Hall–Kier alpha value is -7.47. The fourth-order valence-corrected chi connectivity index (χ4v) is 10.0. The van der Waals surface area contributed by atoms with Crippen molar-refractivity contribution in [2.75, 3.05) is 0 Å². The highest BCUT2D eigenvalue weighted by Crippen LogP contribution is 2.44. The number of hydrogen-bond donors (Lipinski definition) is 0. The van der Waals surface area contributed by atoms with Gasteiger partial charge in [0, 0.05) is 53.0 Å². The molecule has 270 valence electrons. The van der Waals surface area contributed by atoms with Crippen molar-refractivity contribution in [1.82, 2.24) is 19.5 Å². The van der Waals surface area contributed by atoms with Crippen LogP contribution in [0.4, 0.5) is 0 Å². The highest BCUT2D eigenvalue weighted by molar-refractivity contribution is 7.26. The zero-order valence-electron chi connectivity index (χ0n) is 31.2. The second kappa shape index (κ2) is 13.1. The van der Waals surface area contributed by atoms with Crippen molar-refractivity contribution in [2.45, 2.75) is 0 Å². The molecule has 0 unspecified atom stereocenters. The molecule has 0 N–H and O–H groups in total. The molecule has 0 saturated heterocycles. The van der Waals surface area contributed by atoms with Crippen molar-refractivity contribution in [3.8, 4) is 51.0 Å². The smallest absolute Gasteiger partial charge is 0.165 e. The molecule has 12 rings (SSSR count). The molecule has 3 aromatic heterocycles. The Morgan fingerprint density at radius 3 is 1.78 bits per heavy atom. The van der Waals surface area contributed by atoms with Gasteiger partial charge in [-0.15, -0.1) is 11.3 Å². The first-order valence-corrected chi connectivity index (χ1v) is 20.3. The maximum absolute atomic E-state index is 5.38. The Balaban J connectivity index is 1.17.